The van der Waals surface area contributed by atoms with Crippen LogP contribution in [0.15, 0.2) is 40.0 Å². The number of nitrogens with zero attached hydrogens (tertiary/aromatic N) is 1. The van der Waals surface area contributed by atoms with Crippen molar-refractivity contribution in [2.24, 2.45) is 0 Å². The van der Waals surface area contributed by atoms with Gasteiger partial charge in [0.1, 0.15) is 0 Å². The second kappa shape index (κ2) is 8.20. The quantitative estimate of drug-likeness (QED) is 0.775. The van der Waals surface area contributed by atoms with E-state index in [1.165, 1.54) is 11.8 Å². The van der Waals surface area contributed by atoms with Crippen molar-refractivity contribution in [3.8, 4) is 0 Å². The van der Waals surface area contributed by atoms with E-state index >= 15 is 0 Å². The van der Waals surface area contributed by atoms with E-state index in [0.29, 0.717) is 25.4 Å². The molecule has 3 rings (SSSR count). The van der Waals surface area contributed by atoms with Gasteiger partial charge < -0.3 is 4.98 Å². The van der Waals surface area contributed by atoms with E-state index in [4.69, 9.17) is 0 Å². The molecule has 5 nitrogen and oxygen atoms in total. The molecular weight excluding hydrogens is 380 g/mol. The molecule has 1 aromatic carbocycles. The van der Waals surface area contributed by atoms with Crippen molar-refractivity contribution in [2.75, 3.05) is 25.6 Å². The highest BCUT2D eigenvalue weighted by Crippen LogP contribution is 2.32. The smallest absolute Gasteiger partial charge is 0.252 e. The summed E-state index contributed by atoms with van der Waals surface area (Å²) in [4.78, 5) is 16.4. The third kappa shape index (κ3) is 4.65. The zero-order chi connectivity index (χ0) is 19.6. The number of rotatable bonds is 5. The van der Waals surface area contributed by atoms with E-state index in [9.17, 15) is 13.2 Å². The van der Waals surface area contributed by atoms with Crippen LogP contribution < -0.4 is 5.56 Å². The van der Waals surface area contributed by atoms with Gasteiger partial charge in [0.25, 0.3) is 5.56 Å². The highest BCUT2D eigenvalue weighted by molar-refractivity contribution is 7.98. The van der Waals surface area contributed by atoms with Crippen LogP contribution in [0.1, 0.15) is 41.1 Å². The predicted octanol–water partition coefficient (Wildman–Crippen LogP) is 3.14. The van der Waals surface area contributed by atoms with Gasteiger partial charge in [-0.2, -0.15) is 0 Å². The lowest BCUT2D eigenvalue weighted by Crippen LogP contribution is -2.37. The molecule has 27 heavy (non-hydrogen) atoms. The molecule has 1 N–H and O–H groups in total. The topological polar surface area (TPSA) is 70.2 Å². The Morgan fingerprint density at radius 2 is 1.89 bits per heavy atom. The lowest BCUT2D eigenvalue weighted by atomic mass is 9.85. The molecule has 0 bridgehead atoms. The standard InChI is InChI=1S/C20H26N2O3S2/c1-14-12-19(26-2)18(20(23)21-14)13-16-6-4-5-7-17(16)15-8-10-22(11-9-15)27(3,24)25/h4-7,12,15H,8-11,13H2,1-3H3,(H,21,23). The Hall–Kier alpha value is -1.57. The number of piperidine rings is 1. The molecule has 1 aliphatic heterocycles. The molecule has 0 spiro atoms. The number of nitrogens with one attached hydrogen (secondary N) is 1. The summed E-state index contributed by atoms with van der Waals surface area (Å²) < 4.78 is 25.1. The van der Waals surface area contributed by atoms with Crippen molar-refractivity contribution in [1.82, 2.24) is 9.29 Å². The fourth-order valence-electron chi connectivity index (χ4n) is 3.82. The maximum absolute atomic E-state index is 12.5. The first-order chi connectivity index (χ1) is 12.8. The Bertz CT molecular complexity index is 975. The first-order valence-electron chi connectivity index (χ1n) is 9.09. The molecule has 0 unspecified atom stereocenters. The molecule has 1 saturated heterocycles. The molecule has 2 heterocycles. The van der Waals surface area contributed by atoms with Crippen LogP contribution in [0, 0.1) is 6.92 Å². The number of benzene rings is 1. The molecule has 0 saturated carbocycles. The summed E-state index contributed by atoms with van der Waals surface area (Å²) in [6.07, 6.45) is 5.47. The van der Waals surface area contributed by atoms with Crippen LogP contribution in [0.5, 0.6) is 0 Å². The molecule has 1 aliphatic rings. The second-order valence-corrected chi connectivity index (χ2v) is 9.97. The van der Waals surface area contributed by atoms with E-state index in [2.05, 4.69) is 17.1 Å². The Balaban J connectivity index is 1.87. The van der Waals surface area contributed by atoms with E-state index in [1.54, 1.807) is 16.1 Å². The molecule has 0 amide bonds. The van der Waals surface area contributed by atoms with E-state index < -0.39 is 10.0 Å². The van der Waals surface area contributed by atoms with Crippen molar-refractivity contribution >= 4 is 21.8 Å². The summed E-state index contributed by atoms with van der Waals surface area (Å²) in [6.45, 7) is 3.01. The summed E-state index contributed by atoms with van der Waals surface area (Å²) in [5, 5.41) is 0. The Morgan fingerprint density at radius 1 is 1.22 bits per heavy atom. The van der Waals surface area contributed by atoms with Crippen molar-refractivity contribution in [3.05, 3.63) is 63.1 Å². The summed E-state index contributed by atoms with van der Waals surface area (Å²) in [6, 6.07) is 10.3. The van der Waals surface area contributed by atoms with E-state index in [0.717, 1.165) is 34.6 Å². The number of hydrogen-bond acceptors (Lipinski definition) is 4. The molecule has 0 radical (unpaired) electrons. The summed E-state index contributed by atoms with van der Waals surface area (Å²) >= 11 is 1.59. The number of sulfonamides is 1. The Kier molecular flexibility index (Phi) is 6.13. The molecule has 7 heteroatoms. The number of aromatic nitrogens is 1. The van der Waals surface area contributed by atoms with Gasteiger partial charge >= 0.3 is 0 Å². The minimum absolute atomic E-state index is 0.0268. The van der Waals surface area contributed by atoms with Gasteiger partial charge in [0.05, 0.1) is 6.26 Å². The largest absolute Gasteiger partial charge is 0.326 e. The monoisotopic (exact) mass is 406 g/mol. The van der Waals surface area contributed by atoms with Gasteiger partial charge in [-0.1, -0.05) is 24.3 Å². The fraction of sp³-hybridized carbons (Fsp3) is 0.450. The van der Waals surface area contributed by atoms with Gasteiger partial charge in [-0.25, -0.2) is 12.7 Å². The Morgan fingerprint density at radius 3 is 2.52 bits per heavy atom. The van der Waals surface area contributed by atoms with Gasteiger partial charge in [-0.15, -0.1) is 11.8 Å². The van der Waals surface area contributed by atoms with Crippen LogP contribution in [0.25, 0.3) is 0 Å². The van der Waals surface area contributed by atoms with Crippen molar-refractivity contribution in [1.29, 1.82) is 0 Å². The lowest BCUT2D eigenvalue weighted by Gasteiger charge is -2.31. The highest BCUT2D eigenvalue weighted by Gasteiger charge is 2.27. The molecule has 0 atom stereocenters. The summed E-state index contributed by atoms with van der Waals surface area (Å²) in [5.74, 6) is 0.321. The van der Waals surface area contributed by atoms with Crippen molar-refractivity contribution < 1.29 is 8.42 Å². The van der Waals surface area contributed by atoms with E-state index in [1.807, 2.05) is 31.4 Å². The first kappa shape index (κ1) is 20.2. The first-order valence-corrected chi connectivity index (χ1v) is 12.2. The Labute approximate surface area is 165 Å². The van der Waals surface area contributed by atoms with Crippen LogP contribution in [0.4, 0.5) is 0 Å². The van der Waals surface area contributed by atoms with Gasteiger partial charge in [0.15, 0.2) is 0 Å². The minimum Gasteiger partial charge on any atom is -0.326 e. The van der Waals surface area contributed by atoms with Gasteiger partial charge in [-0.05, 0) is 49.1 Å². The minimum atomic E-state index is -3.12. The number of aryl methyl sites for hydroxylation is 1. The average Bonchev–Trinajstić information content (AvgIpc) is 2.63. The van der Waals surface area contributed by atoms with Crippen molar-refractivity contribution in [2.45, 2.75) is 37.0 Å². The molecular formula is C20H26N2O3S2. The number of pyridine rings is 1. The molecule has 0 aliphatic carbocycles. The average molecular weight is 407 g/mol. The molecule has 146 valence electrons. The zero-order valence-corrected chi connectivity index (χ0v) is 17.6. The van der Waals surface area contributed by atoms with Gasteiger partial charge in [-0.3, -0.25) is 4.79 Å². The predicted molar refractivity (Wildman–Crippen MR) is 111 cm³/mol. The van der Waals surface area contributed by atoms with Crippen LogP contribution in [-0.4, -0.2) is 43.3 Å². The second-order valence-electron chi connectivity index (χ2n) is 7.14. The number of hydrogen-bond donors (Lipinski definition) is 1. The third-order valence-electron chi connectivity index (χ3n) is 5.23. The molecule has 1 aromatic heterocycles. The maximum Gasteiger partial charge on any atom is 0.252 e. The zero-order valence-electron chi connectivity index (χ0n) is 16.0. The van der Waals surface area contributed by atoms with Crippen LogP contribution in [0.3, 0.4) is 0 Å². The number of H-pyrrole nitrogens is 1. The summed E-state index contributed by atoms with van der Waals surface area (Å²) in [5.41, 5.74) is 4.03. The molecule has 2 aromatic rings. The fourth-order valence-corrected chi connectivity index (χ4v) is 5.40. The normalized spacial score (nSPS) is 16.6. The highest BCUT2D eigenvalue weighted by atomic mass is 32.2. The van der Waals surface area contributed by atoms with E-state index in [-0.39, 0.29) is 5.56 Å². The maximum atomic E-state index is 12.5. The van der Waals surface area contributed by atoms with Crippen LogP contribution in [0.2, 0.25) is 0 Å². The van der Waals surface area contributed by atoms with Gasteiger partial charge in [0.2, 0.25) is 10.0 Å². The molecule has 1 fully saturated rings. The van der Waals surface area contributed by atoms with Crippen molar-refractivity contribution in [3.63, 3.8) is 0 Å². The number of aromatic amines is 1. The lowest BCUT2D eigenvalue weighted by molar-refractivity contribution is 0.321. The number of thioether (sulfide) groups is 1. The SMILES string of the molecule is CSc1cc(C)[nH]c(=O)c1Cc1ccccc1C1CCN(S(C)(=O)=O)CC1. The van der Waals surface area contributed by atoms with Gasteiger partial charge in [0, 0.05) is 35.7 Å². The summed E-state index contributed by atoms with van der Waals surface area (Å²) in [7, 11) is -3.12. The van der Waals surface area contributed by atoms with Crippen LogP contribution in [-0.2, 0) is 16.4 Å². The third-order valence-corrected chi connectivity index (χ3v) is 7.34. The van der Waals surface area contributed by atoms with Crippen LogP contribution >= 0.6 is 11.8 Å².